The molecule has 0 aliphatic carbocycles. The number of esters is 1. The number of carbonyl (C=O) groups excluding carboxylic acids is 1. The molecule has 0 saturated heterocycles. The van der Waals surface area contributed by atoms with Gasteiger partial charge in [-0.1, -0.05) is 24.3 Å². The third-order valence-electron chi connectivity index (χ3n) is 7.21. The zero-order valence-corrected chi connectivity index (χ0v) is 20.4. The molecule has 5 heteroatoms. The van der Waals surface area contributed by atoms with Crippen molar-refractivity contribution < 1.29 is 14.3 Å². The summed E-state index contributed by atoms with van der Waals surface area (Å²) < 4.78 is 14.6. The maximum absolute atomic E-state index is 13.3. The van der Waals surface area contributed by atoms with Crippen LogP contribution in [0.1, 0.15) is 52.2 Å². The number of benzene rings is 2. The van der Waals surface area contributed by atoms with Crippen molar-refractivity contribution in [2.45, 2.75) is 33.3 Å². The number of aryl methyl sites for hydroxylation is 1. The molecule has 0 radical (unpaired) electrons. The van der Waals surface area contributed by atoms with Crippen molar-refractivity contribution in [2.24, 2.45) is 0 Å². The van der Waals surface area contributed by atoms with E-state index in [4.69, 9.17) is 9.47 Å². The number of nitrogens with zero attached hydrogens (tertiary/aromatic N) is 2. The minimum absolute atomic E-state index is 0.321. The van der Waals surface area contributed by atoms with E-state index in [-0.39, 0.29) is 5.97 Å². The largest absolute Gasteiger partial charge is 0.496 e. The summed E-state index contributed by atoms with van der Waals surface area (Å²) in [5.74, 6) is 0.374. The van der Waals surface area contributed by atoms with Crippen molar-refractivity contribution in [3.8, 4) is 5.75 Å². The zero-order chi connectivity index (χ0) is 24.0. The van der Waals surface area contributed by atoms with Crippen molar-refractivity contribution in [1.82, 2.24) is 4.40 Å². The number of hydrogen-bond donors (Lipinski definition) is 0. The predicted octanol–water partition coefficient (Wildman–Crippen LogP) is 5.87. The van der Waals surface area contributed by atoms with Gasteiger partial charge in [0.2, 0.25) is 0 Å². The highest BCUT2D eigenvalue weighted by atomic mass is 16.6. The van der Waals surface area contributed by atoms with Crippen LogP contribution in [0, 0.1) is 13.8 Å². The Balaban J connectivity index is 1.89. The summed E-state index contributed by atoms with van der Waals surface area (Å²) in [5.41, 5.74) is 6.39. The first kappa shape index (κ1) is 22.1. The minimum Gasteiger partial charge on any atom is -0.496 e. The molecule has 3 heterocycles. The van der Waals surface area contributed by atoms with Crippen molar-refractivity contribution in [3.05, 3.63) is 100 Å². The van der Waals surface area contributed by atoms with Gasteiger partial charge in [0.05, 0.1) is 18.2 Å². The lowest BCUT2D eigenvalue weighted by atomic mass is 9.78. The number of aromatic nitrogens is 1. The van der Waals surface area contributed by atoms with E-state index < -0.39 is 5.60 Å². The van der Waals surface area contributed by atoms with Crippen LogP contribution in [0.5, 0.6) is 5.75 Å². The predicted molar refractivity (Wildman–Crippen MR) is 135 cm³/mol. The summed E-state index contributed by atoms with van der Waals surface area (Å²) in [4.78, 5) is 15.5. The second-order valence-electron chi connectivity index (χ2n) is 8.71. The molecule has 4 aromatic rings. The second kappa shape index (κ2) is 8.24. The second-order valence-corrected chi connectivity index (χ2v) is 8.71. The molecule has 174 valence electrons. The number of anilines is 1. The lowest BCUT2D eigenvalue weighted by Crippen LogP contribution is -2.31. The first-order chi connectivity index (χ1) is 16.5. The summed E-state index contributed by atoms with van der Waals surface area (Å²) >= 11 is 0. The smallest absolute Gasteiger partial charge is 0.340 e. The standard InChI is InChI=1S/C29H30N2O3/c1-6-30(7-2)21-15-16-24(26(18-21)33-5)29(23-13-9-8-12-22(23)28(32)34-29)27-19(3)20(4)31-17-11-10-14-25(27)31/h8-18H,6-7H2,1-5H3. The molecular formula is C29H30N2O3. The van der Waals surface area contributed by atoms with Crippen LogP contribution in [0.25, 0.3) is 5.52 Å². The first-order valence-corrected chi connectivity index (χ1v) is 11.8. The van der Waals surface area contributed by atoms with Gasteiger partial charge in [0.1, 0.15) is 5.75 Å². The maximum atomic E-state index is 13.3. The van der Waals surface area contributed by atoms with Crippen LogP contribution >= 0.6 is 0 Å². The molecule has 1 aliphatic heterocycles. The normalized spacial score (nSPS) is 17.0. The van der Waals surface area contributed by atoms with Crippen molar-refractivity contribution in [3.63, 3.8) is 0 Å². The lowest BCUT2D eigenvalue weighted by molar-refractivity contribution is 0.0248. The average Bonchev–Trinajstić information content (AvgIpc) is 3.31. The number of cyclic esters (lactones) is 1. The lowest BCUT2D eigenvalue weighted by Gasteiger charge is -2.33. The topological polar surface area (TPSA) is 43.2 Å². The Bertz CT molecular complexity index is 1400. The summed E-state index contributed by atoms with van der Waals surface area (Å²) in [6, 6.07) is 20.0. The molecule has 0 N–H and O–H groups in total. The monoisotopic (exact) mass is 454 g/mol. The Morgan fingerprint density at radius 1 is 0.971 bits per heavy atom. The van der Waals surface area contributed by atoms with Gasteiger partial charge in [-0.05, 0) is 63.6 Å². The number of fused-ring (bicyclic) bond motifs is 2. The van der Waals surface area contributed by atoms with Gasteiger partial charge in [-0.2, -0.15) is 0 Å². The minimum atomic E-state index is -1.12. The SMILES string of the molecule is CCN(CC)c1ccc(C2(c3c(C)c(C)n4ccccc34)OC(=O)c3ccccc32)c(OC)c1. The fraction of sp³-hybridized carbons (Fsp3) is 0.276. The molecule has 0 saturated carbocycles. The maximum Gasteiger partial charge on any atom is 0.340 e. The number of pyridine rings is 1. The summed E-state index contributed by atoms with van der Waals surface area (Å²) in [6.45, 7) is 10.3. The molecule has 34 heavy (non-hydrogen) atoms. The van der Waals surface area contributed by atoms with E-state index in [9.17, 15) is 4.79 Å². The van der Waals surface area contributed by atoms with Gasteiger partial charge in [0.15, 0.2) is 5.60 Å². The van der Waals surface area contributed by atoms with Crippen molar-refractivity contribution >= 4 is 17.2 Å². The summed E-state index contributed by atoms with van der Waals surface area (Å²) in [7, 11) is 1.68. The van der Waals surface area contributed by atoms with Gasteiger partial charge >= 0.3 is 5.97 Å². The first-order valence-electron chi connectivity index (χ1n) is 11.8. The van der Waals surface area contributed by atoms with Gasteiger partial charge in [-0.3, -0.25) is 0 Å². The Kier molecular flexibility index (Phi) is 5.35. The van der Waals surface area contributed by atoms with E-state index in [1.54, 1.807) is 7.11 Å². The number of methoxy groups -OCH3 is 1. The van der Waals surface area contributed by atoms with Gasteiger partial charge in [0.25, 0.3) is 0 Å². The quantitative estimate of drug-likeness (QED) is 0.342. The fourth-order valence-corrected chi connectivity index (χ4v) is 5.43. The molecule has 1 unspecified atom stereocenters. The zero-order valence-electron chi connectivity index (χ0n) is 20.4. The molecule has 1 aliphatic rings. The van der Waals surface area contributed by atoms with Crippen LogP contribution < -0.4 is 9.64 Å². The van der Waals surface area contributed by atoms with Gasteiger partial charge in [-0.25, -0.2) is 4.79 Å². The van der Waals surface area contributed by atoms with Crippen LogP contribution in [-0.2, 0) is 10.3 Å². The van der Waals surface area contributed by atoms with Crippen LogP contribution in [0.2, 0.25) is 0 Å². The highest BCUT2D eigenvalue weighted by molar-refractivity contribution is 5.97. The van der Waals surface area contributed by atoms with Crippen LogP contribution in [0.4, 0.5) is 5.69 Å². The third kappa shape index (κ3) is 2.96. The van der Waals surface area contributed by atoms with Crippen molar-refractivity contribution in [2.75, 3.05) is 25.1 Å². The Hall–Kier alpha value is -3.73. The number of rotatable bonds is 6. The number of carbonyl (C=O) groups is 1. The highest BCUT2D eigenvalue weighted by Gasteiger charge is 2.52. The van der Waals surface area contributed by atoms with Crippen LogP contribution in [-0.4, -0.2) is 30.6 Å². The molecule has 5 nitrogen and oxygen atoms in total. The number of hydrogen-bond acceptors (Lipinski definition) is 4. The Labute approximate surface area is 200 Å². The molecule has 0 bridgehead atoms. The third-order valence-corrected chi connectivity index (χ3v) is 7.21. The van der Waals surface area contributed by atoms with Crippen LogP contribution in [0.3, 0.4) is 0 Å². The Morgan fingerprint density at radius 2 is 1.71 bits per heavy atom. The average molecular weight is 455 g/mol. The molecule has 0 amide bonds. The van der Waals surface area contributed by atoms with E-state index in [1.807, 2.05) is 36.4 Å². The summed E-state index contributed by atoms with van der Waals surface area (Å²) in [6.07, 6.45) is 2.05. The van der Waals surface area contributed by atoms with Gasteiger partial charge in [0, 0.05) is 53.4 Å². The van der Waals surface area contributed by atoms with E-state index in [0.717, 1.165) is 52.2 Å². The molecule has 0 spiro atoms. The van der Waals surface area contributed by atoms with Crippen LogP contribution in [0.15, 0.2) is 66.9 Å². The molecule has 2 aromatic carbocycles. The summed E-state index contributed by atoms with van der Waals surface area (Å²) in [5, 5.41) is 0. The molecule has 2 aromatic heterocycles. The van der Waals surface area contributed by atoms with E-state index in [1.165, 1.54) is 0 Å². The highest BCUT2D eigenvalue weighted by Crippen LogP contribution is 2.53. The van der Waals surface area contributed by atoms with Gasteiger partial charge < -0.3 is 18.8 Å². The molecular weight excluding hydrogens is 424 g/mol. The number of ether oxygens (including phenoxy) is 2. The van der Waals surface area contributed by atoms with E-state index in [2.05, 4.69) is 67.5 Å². The van der Waals surface area contributed by atoms with E-state index >= 15 is 0 Å². The van der Waals surface area contributed by atoms with Crippen molar-refractivity contribution in [1.29, 1.82) is 0 Å². The molecule has 5 rings (SSSR count). The van der Waals surface area contributed by atoms with Gasteiger partial charge in [-0.15, -0.1) is 0 Å². The van der Waals surface area contributed by atoms with E-state index in [0.29, 0.717) is 11.3 Å². The Morgan fingerprint density at radius 3 is 2.44 bits per heavy atom. The molecule has 1 atom stereocenters. The molecule has 0 fully saturated rings. The fourth-order valence-electron chi connectivity index (χ4n) is 5.43.